The van der Waals surface area contributed by atoms with E-state index in [2.05, 4.69) is 10.3 Å². The van der Waals surface area contributed by atoms with Gasteiger partial charge in [-0.1, -0.05) is 39.0 Å². The molecule has 1 aromatic carbocycles. The highest BCUT2D eigenvalue weighted by atomic mass is 16.5. The minimum absolute atomic E-state index is 0.129. The highest BCUT2D eigenvalue weighted by Gasteiger charge is 2.22. The Kier molecular flexibility index (Phi) is 6.50. The van der Waals surface area contributed by atoms with Crippen LogP contribution in [-0.2, 0) is 14.3 Å². The quantitative estimate of drug-likeness (QED) is 0.385. The van der Waals surface area contributed by atoms with Crippen LogP contribution < -0.4 is 11.1 Å². The fourth-order valence-corrected chi connectivity index (χ4v) is 1.46. The molecule has 3 N–H and O–H groups in total. The predicted molar refractivity (Wildman–Crippen MR) is 90.0 cm³/mol. The smallest absolute Gasteiger partial charge is 0.354 e. The number of benzene rings is 1. The van der Waals surface area contributed by atoms with E-state index in [1.165, 1.54) is 6.08 Å². The molecule has 1 amide bonds. The number of hydrogen-bond donors (Lipinski definition) is 2. The second kappa shape index (κ2) is 8.12. The third-order valence-electron chi connectivity index (χ3n) is 2.73. The maximum Gasteiger partial charge on any atom is 0.354 e. The van der Waals surface area contributed by atoms with E-state index < -0.39 is 11.4 Å². The van der Waals surface area contributed by atoms with Crippen molar-refractivity contribution in [2.24, 2.45) is 16.1 Å². The molecule has 0 fully saturated rings. The number of amides is 1. The van der Waals surface area contributed by atoms with Crippen LogP contribution in [0.25, 0.3) is 0 Å². The molecule has 0 bridgehead atoms. The Morgan fingerprint density at radius 1 is 1.26 bits per heavy atom. The van der Waals surface area contributed by atoms with Crippen molar-refractivity contribution in [2.75, 3.05) is 6.61 Å². The number of nitrogens with zero attached hydrogens (tertiary/aromatic N) is 1. The summed E-state index contributed by atoms with van der Waals surface area (Å²) < 4.78 is 4.83. The Bertz CT molecular complexity index is 614. The molecule has 0 heterocycles. The van der Waals surface area contributed by atoms with E-state index in [0.717, 1.165) is 0 Å². The van der Waals surface area contributed by atoms with E-state index in [1.54, 1.807) is 39.8 Å². The minimum Gasteiger partial charge on any atom is -0.461 e. The number of rotatable bonds is 4. The van der Waals surface area contributed by atoms with Crippen LogP contribution in [-0.4, -0.2) is 24.3 Å². The first kappa shape index (κ1) is 18.4. The van der Waals surface area contributed by atoms with Crippen molar-refractivity contribution < 1.29 is 14.3 Å². The summed E-state index contributed by atoms with van der Waals surface area (Å²) in [6, 6.07) is 9.05. The van der Waals surface area contributed by atoms with Gasteiger partial charge in [-0.15, -0.1) is 0 Å². The van der Waals surface area contributed by atoms with Crippen molar-refractivity contribution in [1.82, 2.24) is 5.32 Å². The number of para-hydroxylation sites is 1. The van der Waals surface area contributed by atoms with Gasteiger partial charge in [-0.25, -0.2) is 9.79 Å². The molecule has 23 heavy (non-hydrogen) atoms. The molecular formula is C17H23N3O3. The Hall–Kier alpha value is -2.63. The van der Waals surface area contributed by atoms with Gasteiger partial charge in [-0.2, -0.15) is 0 Å². The summed E-state index contributed by atoms with van der Waals surface area (Å²) in [4.78, 5) is 28.1. The SMILES string of the molecule is CCOC(=O)C(N)=CC(=Nc1ccccc1)NC(=O)C(C)(C)C. The maximum absolute atomic E-state index is 12.2. The van der Waals surface area contributed by atoms with Crippen LogP contribution in [0.2, 0.25) is 0 Å². The van der Waals surface area contributed by atoms with Crippen LogP contribution in [0.4, 0.5) is 5.69 Å². The molecule has 0 aromatic heterocycles. The van der Waals surface area contributed by atoms with Gasteiger partial charge in [0, 0.05) is 11.5 Å². The predicted octanol–water partition coefficient (Wildman–Crippen LogP) is 2.28. The van der Waals surface area contributed by atoms with Gasteiger partial charge in [0.15, 0.2) is 0 Å². The third-order valence-corrected chi connectivity index (χ3v) is 2.73. The lowest BCUT2D eigenvalue weighted by Crippen LogP contribution is -2.38. The molecule has 0 aliphatic rings. The number of nitrogens with one attached hydrogen (secondary N) is 1. The molecule has 1 aromatic rings. The number of hydrogen-bond acceptors (Lipinski definition) is 5. The standard InChI is InChI=1S/C17H23N3O3/c1-5-23-15(21)13(18)11-14(20-16(22)17(2,3)4)19-12-9-7-6-8-10-12/h6-11H,5,18H2,1-4H3,(H,19,20,22). The Balaban J connectivity index is 3.12. The van der Waals surface area contributed by atoms with E-state index in [4.69, 9.17) is 10.5 Å². The summed E-state index contributed by atoms with van der Waals surface area (Å²) in [6.07, 6.45) is 1.30. The zero-order chi connectivity index (χ0) is 17.5. The highest BCUT2D eigenvalue weighted by molar-refractivity contribution is 6.09. The molecule has 0 saturated carbocycles. The van der Waals surface area contributed by atoms with Crippen LogP contribution in [0.5, 0.6) is 0 Å². The summed E-state index contributed by atoms with van der Waals surface area (Å²) >= 11 is 0. The summed E-state index contributed by atoms with van der Waals surface area (Å²) in [5.41, 5.74) is 5.59. The van der Waals surface area contributed by atoms with Crippen molar-refractivity contribution in [2.45, 2.75) is 27.7 Å². The van der Waals surface area contributed by atoms with Gasteiger partial charge in [0.25, 0.3) is 0 Å². The van der Waals surface area contributed by atoms with E-state index >= 15 is 0 Å². The van der Waals surface area contributed by atoms with E-state index in [0.29, 0.717) is 5.69 Å². The average molecular weight is 317 g/mol. The van der Waals surface area contributed by atoms with Crippen LogP contribution >= 0.6 is 0 Å². The number of nitrogens with two attached hydrogens (primary N) is 1. The zero-order valence-corrected chi connectivity index (χ0v) is 13.9. The van der Waals surface area contributed by atoms with E-state index in [-0.39, 0.29) is 24.0 Å². The average Bonchev–Trinajstić information content (AvgIpc) is 2.47. The van der Waals surface area contributed by atoms with Crippen molar-refractivity contribution in [3.8, 4) is 0 Å². The van der Waals surface area contributed by atoms with Gasteiger partial charge < -0.3 is 15.8 Å². The molecule has 6 nitrogen and oxygen atoms in total. The second-order valence-electron chi connectivity index (χ2n) is 5.86. The molecule has 0 saturated heterocycles. The van der Waals surface area contributed by atoms with Crippen molar-refractivity contribution in [3.05, 3.63) is 42.1 Å². The number of carbonyl (C=O) groups excluding carboxylic acids is 2. The molecule has 0 aliphatic carbocycles. The summed E-state index contributed by atoms with van der Waals surface area (Å²) in [7, 11) is 0. The lowest BCUT2D eigenvalue weighted by molar-refractivity contribution is -0.138. The van der Waals surface area contributed by atoms with Crippen LogP contribution in [0.15, 0.2) is 47.1 Å². The molecule has 0 unspecified atom stereocenters. The Labute approximate surface area is 136 Å². The molecule has 0 radical (unpaired) electrons. The van der Waals surface area contributed by atoms with Crippen LogP contribution in [0, 0.1) is 5.41 Å². The van der Waals surface area contributed by atoms with Gasteiger partial charge in [0.2, 0.25) is 5.91 Å². The summed E-state index contributed by atoms with van der Waals surface area (Å²) in [5, 5.41) is 2.68. The summed E-state index contributed by atoms with van der Waals surface area (Å²) in [5.74, 6) is -0.708. The van der Waals surface area contributed by atoms with E-state index in [9.17, 15) is 9.59 Å². The topological polar surface area (TPSA) is 93.8 Å². The molecule has 0 aliphatic heterocycles. The lowest BCUT2D eigenvalue weighted by atomic mass is 9.96. The molecule has 0 atom stereocenters. The van der Waals surface area contributed by atoms with Crippen LogP contribution in [0.3, 0.4) is 0 Å². The van der Waals surface area contributed by atoms with E-state index in [1.807, 2.05) is 18.2 Å². The number of aliphatic imine (C=N–C) groups is 1. The van der Waals surface area contributed by atoms with Gasteiger partial charge in [-0.05, 0) is 19.1 Å². The minimum atomic E-state index is -0.654. The Morgan fingerprint density at radius 2 is 1.87 bits per heavy atom. The summed E-state index contributed by atoms with van der Waals surface area (Å²) in [6.45, 7) is 7.24. The van der Waals surface area contributed by atoms with Crippen molar-refractivity contribution in [1.29, 1.82) is 0 Å². The molecule has 6 heteroatoms. The first-order valence-electron chi connectivity index (χ1n) is 7.33. The van der Waals surface area contributed by atoms with Gasteiger partial charge in [0.1, 0.15) is 11.5 Å². The number of ether oxygens (including phenoxy) is 1. The number of carbonyl (C=O) groups is 2. The Morgan fingerprint density at radius 3 is 2.39 bits per heavy atom. The second-order valence-corrected chi connectivity index (χ2v) is 5.86. The largest absolute Gasteiger partial charge is 0.461 e. The lowest BCUT2D eigenvalue weighted by Gasteiger charge is -2.17. The highest BCUT2D eigenvalue weighted by Crippen LogP contribution is 2.14. The third kappa shape index (κ3) is 6.34. The van der Waals surface area contributed by atoms with Gasteiger partial charge >= 0.3 is 5.97 Å². The van der Waals surface area contributed by atoms with Crippen molar-refractivity contribution >= 4 is 23.4 Å². The van der Waals surface area contributed by atoms with Crippen LogP contribution in [0.1, 0.15) is 27.7 Å². The maximum atomic E-state index is 12.2. The fraction of sp³-hybridized carbons (Fsp3) is 0.353. The first-order chi connectivity index (χ1) is 10.7. The molecule has 0 spiro atoms. The number of esters is 1. The monoisotopic (exact) mass is 317 g/mol. The first-order valence-corrected chi connectivity index (χ1v) is 7.33. The molecular weight excluding hydrogens is 294 g/mol. The molecule has 1 rings (SSSR count). The molecule has 124 valence electrons. The van der Waals surface area contributed by atoms with Crippen molar-refractivity contribution in [3.63, 3.8) is 0 Å². The number of amidine groups is 1. The van der Waals surface area contributed by atoms with Gasteiger partial charge in [-0.3, -0.25) is 4.79 Å². The fourth-order valence-electron chi connectivity index (χ4n) is 1.46. The normalized spacial score (nSPS) is 12.7. The van der Waals surface area contributed by atoms with Gasteiger partial charge in [0.05, 0.1) is 12.3 Å². The zero-order valence-electron chi connectivity index (χ0n) is 13.9.